The van der Waals surface area contributed by atoms with Gasteiger partial charge in [-0.1, -0.05) is 12.1 Å². The van der Waals surface area contributed by atoms with Crippen molar-refractivity contribution in [3.05, 3.63) is 23.8 Å². The Morgan fingerprint density at radius 1 is 1.47 bits per heavy atom. The van der Waals surface area contributed by atoms with Crippen LogP contribution in [0.5, 0.6) is 5.75 Å². The highest BCUT2D eigenvalue weighted by atomic mass is 32.2. The van der Waals surface area contributed by atoms with Crippen LogP contribution < -0.4 is 15.2 Å². The lowest BCUT2D eigenvalue weighted by Gasteiger charge is -2.15. The minimum atomic E-state index is -3.33. The zero-order valence-electron chi connectivity index (χ0n) is 9.64. The number of hydrogen-bond acceptors (Lipinski definition) is 4. The number of benzene rings is 1. The molecule has 6 heteroatoms. The van der Waals surface area contributed by atoms with Crippen LogP contribution in [0, 0.1) is 0 Å². The van der Waals surface area contributed by atoms with Gasteiger partial charge in [0.25, 0.3) is 0 Å². The SMILES string of the molecule is CS(=O)(=O)Nc1c(CN)cccc1OC1CC1. The van der Waals surface area contributed by atoms with Crippen LogP contribution in [0.2, 0.25) is 0 Å². The van der Waals surface area contributed by atoms with Gasteiger partial charge >= 0.3 is 0 Å². The lowest BCUT2D eigenvalue weighted by Crippen LogP contribution is -2.14. The Morgan fingerprint density at radius 2 is 2.18 bits per heavy atom. The molecule has 0 aromatic heterocycles. The average Bonchev–Trinajstić information content (AvgIpc) is 3.02. The number of rotatable bonds is 5. The second-order valence-corrected chi connectivity index (χ2v) is 5.93. The first-order valence-corrected chi connectivity index (χ1v) is 7.35. The van der Waals surface area contributed by atoms with E-state index in [9.17, 15) is 8.42 Å². The van der Waals surface area contributed by atoms with E-state index in [4.69, 9.17) is 10.5 Å². The molecule has 0 bridgehead atoms. The van der Waals surface area contributed by atoms with Gasteiger partial charge in [0.1, 0.15) is 5.75 Å². The third-order valence-electron chi connectivity index (χ3n) is 2.44. The van der Waals surface area contributed by atoms with E-state index in [0.717, 1.165) is 24.7 Å². The molecule has 0 unspecified atom stereocenters. The predicted molar refractivity (Wildman–Crippen MR) is 66.4 cm³/mol. The average molecular weight is 256 g/mol. The Bertz CT molecular complexity index is 509. The Morgan fingerprint density at radius 3 is 2.71 bits per heavy atom. The first-order valence-electron chi connectivity index (χ1n) is 5.46. The van der Waals surface area contributed by atoms with E-state index in [1.165, 1.54) is 0 Å². The zero-order valence-corrected chi connectivity index (χ0v) is 10.5. The molecule has 0 heterocycles. The number of para-hydroxylation sites is 1. The standard InChI is InChI=1S/C11H16N2O3S/c1-17(14,15)13-11-8(7-12)3-2-4-10(11)16-9-5-6-9/h2-4,9,13H,5-7,12H2,1H3. The summed E-state index contributed by atoms with van der Waals surface area (Å²) in [6.45, 7) is 0.264. The maximum absolute atomic E-state index is 11.3. The normalized spacial score (nSPS) is 15.6. The van der Waals surface area contributed by atoms with E-state index in [-0.39, 0.29) is 12.6 Å². The first-order chi connectivity index (χ1) is 7.99. The summed E-state index contributed by atoms with van der Waals surface area (Å²) in [7, 11) is -3.33. The molecule has 1 aliphatic rings. The number of anilines is 1. The Hall–Kier alpha value is -1.27. The van der Waals surface area contributed by atoms with Crippen molar-refractivity contribution in [3.63, 3.8) is 0 Å². The maximum Gasteiger partial charge on any atom is 0.229 e. The Kier molecular flexibility index (Phi) is 3.26. The van der Waals surface area contributed by atoms with Crippen LogP contribution in [0.15, 0.2) is 18.2 Å². The zero-order chi connectivity index (χ0) is 12.5. The second-order valence-electron chi connectivity index (χ2n) is 4.19. The number of nitrogens with one attached hydrogen (secondary N) is 1. The van der Waals surface area contributed by atoms with Crippen molar-refractivity contribution in [2.45, 2.75) is 25.5 Å². The van der Waals surface area contributed by atoms with Gasteiger partial charge in [0, 0.05) is 6.54 Å². The van der Waals surface area contributed by atoms with Crippen LogP contribution in [-0.4, -0.2) is 20.8 Å². The molecule has 1 aromatic rings. The van der Waals surface area contributed by atoms with Gasteiger partial charge in [0.2, 0.25) is 10.0 Å². The molecule has 17 heavy (non-hydrogen) atoms. The smallest absolute Gasteiger partial charge is 0.229 e. The predicted octanol–water partition coefficient (Wildman–Crippen LogP) is 1.06. The van der Waals surface area contributed by atoms with Crippen LogP contribution in [-0.2, 0) is 16.6 Å². The van der Waals surface area contributed by atoms with Crippen molar-refractivity contribution in [1.29, 1.82) is 0 Å². The van der Waals surface area contributed by atoms with Crippen molar-refractivity contribution in [1.82, 2.24) is 0 Å². The molecule has 94 valence electrons. The fourth-order valence-electron chi connectivity index (χ4n) is 1.51. The van der Waals surface area contributed by atoms with E-state index in [1.807, 2.05) is 6.07 Å². The van der Waals surface area contributed by atoms with Crippen molar-refractivity contribution < 1.29 is 13.2 Å². The van der Waals surface area contributed by atoms with Gasteiger partial charge in [-0.2, -0.15) is 0 Å². The lowest BCUT2D eigenvalue weighted by atomic mass is 10.1. The molecule has 0 spiro atoms. The highest BCUT2D eigenvalue weighted by Crippen LogP contribution is 2.34. The maximum atomic E-state index is 11.3. The van der Waals surface area contributed by atoms with Crippen molar-refractivity contribution in [2.75, 3.05) is 11.0 Å². The Labute approximate surface area is 101 Å². The third kappa shape index (κ3) is 3.34. The van der Waals surface area contributed by atoms with Crippen LogP contribution in [0.4, 0.5) is 5.69 Å². The molecular weight excluding hydrogens is 240 g/mol. The molecule has 0 atom stereocenters. The molecule has 1 saturated carbocycles. The van der Waals surface area contributed by atoms with E-state index < -0.39 is 10.0 Å². The third-order valence-corrected chi connectivity index (χ3v) is 3.01. The van der Waals surface area contributed by atoms with Gasteiger partial charge in [-0.15, -0.1) is 0 Å². The Balaban J connectivity index is 2.35. The van der Waals surface area contributed by atoms with E-state index >= 15 is 0 Å². The summed E-state index contributed by atoms with van der Waals surface area (Å²) in [4.78, 5) is 0. The summed E-state index contributed by atoms with van der Waals surface area (Å²) >= 11 is 0. The van der Waals surface area contributed by atoms with Gasteiger partial charge < -0.3 is 10.5 Å². The van der Waals surface area contributed by atoms with Crippen molar-refractivity contribution in [2.24, 2.45) is 5.73 Å². The fraction of sp³-hybridized carbons (Fsp3) is 0.455. The second kappa shape index (κ2) is 4.54. The van der Waals surface area contributed by atoms with Crippen LogP contribution in [0.25, 0.3) is 0 Å². The summed E-state index contributed by atoms with van der Waals surface area (Å²) in [5.74, 6) is 0.556. The molecule has 3 N–H and O–H groups in total. The fourth-order valence-corrected chi connectivity index (χ4v) is 2.11. The first kappa shape index (κ1) is 12.2. The molecule has 0 radical (unpaired) electrons. The van der Waals surface area contributed by atoms with Crippen molar-refractivity contribution >= 4 is 15.7 Å². The number of sulfonamides is 1. The van der Waals surface area contributed by atoms with Gasteiger partial charge in [-0.05, 0) is 24.5 Å². The van der Waals surface area contributed by atoms with Crippen LogP contribution in [0.1, 0.15) is 18.4 Å². The molecule has 0 saturated heterocycles. The van der Waals surface area contributed by atoms with Gasteiger partial charge in [-0.3, -0.25) is 4.72 Å². The quantitative estimate of drug-likeness (QED) is 0.825. The number of ether oxygens (including phenoxy) is 1. The van der Waals surface area contributed by atoms with E-state index in [2.05, 4.69) is 4.72 Å². The lowest BCUT2D eigenvalue weighted by molar-refractivity contribution is 0.304. The highest BCUT2D eigenvalue weighted by Gasteiger charge is 2.25. The summed E-state index contributed by atoms with van der Waals surface area (Å²) < 4.78 is 30.8. The molecule has 1 aromatic carbocycles. The molecule has 0 amide bonds. The minimum Gasteiger partial charge on any atom is -0.488 e. The minimum absolute atomic E-state index is 0.211. The molecule has 0 aliphatic heterocycles. The van der Waals surface area contributed by atoms with Gasteiger partial charge in [0.15, 0.2) is 0 Å². The largest absolute Gasteiger partial charge is 0.488 e. The number of hydrogen-bond donors (Lipinski definition) is 2. The van der Waals surface area contributed by atoms with Crippen molar-refractivity contribution in [3.8, 4) is 5.75 Å². The van der Waals surface area contributed by atoms with Crippen LogP contribution >= 0.6 is 0 Å². The van der Waals surface area contributed by atoms with Gasteiger partial charge in [0.05, 0.1) is 18.0 Å². The summed E-state index contributed by atoms with van der Waals surface area (Å²) in [5, 5.41) is 0. The van der Waals surface area contributed by atoms with E-state index in [1.54, 1.807) is 12.1 Å². The van der Waals surface area contributed by atoms with Crippen LogP contribution in [0.3, 0.4) is 0 Å². The number of nitrogens with two attached hydrogens (primary N) is 1. The topological polar surface area (TPSA) is 81.4 Å². The highest BCUT2D eigenvalue weighted by molar-refractivity contribution is 7.92. The van der Waals surface area contributed by atoms with Gasteiger partial charge in [-0.25, -0.2) is 8.42 Å². The molecule has 1 aliphatic carbocycles. The molecule has 5 nitrogen and oxygen atoms in total. The molecule has 2 rings (SSSR count). The summed E-state index contributed by atoms with van der Waals surface area (Å²) in [5.41, 5.74) is 6.79. The summed E-state index contributed by atoms with van der Waals surface area (Å²) in [6.07, 6.45) is 3.36. The molecule has 1 fully saturated rings. The summed E-state index contributed by atoms with van der Waals surface area (Å²) in [6, 6.07) is 5.35. The monoisotopic (exact) mass is 256 g/mol. The molecular formula is C11H16N2O3S. The van der Waals surface area contributed by atoms with E-state index in [0.29, 0.717) is 11.4 Å².